The van der Waals surface area contributed by atoms with Crippen LogP contribution in [0, 0.1) is 12.7 Å². The zero-order valence-corrected chi connectivity index (χ0v) is 14.8. The van der Waals surface area contributed by atoms with Crippen LogP contribution in [0.1, 0.15) is 31.2 Å². The molecule has 1 aliphatic rings. The predicted octanol–water partition coefficient (Wildman–Crippen LogP) is 2.46. The van der Waals surface area contributed by atoms with Gasteiger partial charge in [0.15, 0.2) is 0 Å². The van der Waals surface area contributed by atoms with Gasteiger partial charge >= 0.3 is 6.03 Å². The molecule has 2 rings (SSSR count). The second-order valence-corrected chi connectivity index (χ2v) is 8.15. The number of carbonyl (C=O) groups excluding carboxylic acids is 1. The Morgan fingerprint density at radius 1 is 1.33 bits per heavy atom. The van der Waals surface area contributed by atoms with Gasteiger partial charge in [0, 0.05) is 24.8 Å². The lowest BCUT2D eigenvalue weighted by molar-refractivity contribution is 0.235. The minimum atomic E-state index is -3.22. The summed E-state index contributed by atoms with van der Waals surface area (Å²) in [5, 5.41) is 5.28. The fourth-order valence-corrected chi connectivity index (χ4v) is 4.25. The Labute approximate surface area is 142 Å². The molecule has 1 heterocycles. The number of benzene rings is 1. The van der Waals surface area contributed by atoms with Gasteiger partial charge in [0.2, 0.25) is 10.0 Å². The molecule has 2 N–H and O–H groups in total. The van der Waals surface area contributed by atoms with Crippen molar-refractivity contribution in [1.82, 2.24) is 9.62 Å². The van der Waals surface area contributed by atoms with Crippen molar-refractivity contribution >= 4 is 21.7 Å². The fourth-order valence-electron chi connectivity index (χ4n) is 3.04. The van der Waals surface area contributed by atoms with Gasteiger partial charge in [0.05, 0.1) is 6.26 Å². The molecule has 1 aliphatic heterocycles. The summed E-state index contributed by atoms with van der Waals surface area (Å²) in [6, 6.07) is 3.80. The normalized spacial score (nSPS) is 19.0. The molecule has 0 radical (unpaired) electrons. The Morgan fingerprint density at radius 2 is 2.08 bits per heavy atom. The van der Waals surface area contributed by atoms with Gasteiger partial charge in [-0.15, -0.1) is 0 Å². The first-order chi connectivity index (χ1) is 11.3. The number of hydrogen-bond donors (Lipinski definition) is 2. The first-order valence-corrected chi connectivity index (χ1v) is 9.89. The highest BCUT2D eigenvalue weighted by Crippen LogP contribution is 2.21. The molecule has 1 fully saturated rings. The standard InChI is InChI=1S/C16H24FN3O3S/c1-12-9-13(17)11-14(10-12)19-16(21)18-7-6-15-5-3-4-8-20(15)24(2,22)23/h9-11,15H,3-8H2,1-2H3,(H2,18,19,21)/t15-/m0/s1. The van der Waals surface area contributed by atoms with Crippen molar-refractivity contribution in [2.24, 2.45) is 0 Å². The number of nitrogens with one attached hydrogen (secondary N) is 2. The lowest BCUT2D eigenvalue weighted by atomic mass is 10.0. The van der Waals surface area contributed by atoms with E-state index in [4.69, 9.17) is 0 Å². The van der Waals surface area contributed by atoms with E-state index in [0.717, 1.165) is 24.8 Å². The lowest BCUT2D eigenvalue weighted by Crippen LogP contribution is -2.44. The van der Waals surface area contributed by atoms with E-state index in [9.17, 15) is 17.6 Å². The fraction of sp³-hybridized carbons (Fsp3) is 0.562. The highest BCUT2D eigenvalue weighted by atomic mass is 32.2. The molecular weight excluding hydrogens is 333 g/mol. The van der Waals surface area contributed by atoms with Crippen LogP contribution in [0.4, 0.5) is 14.9 Å². The average Bonchev–Trinajstić information content (AvgIpc) is 2.45. The monoisotopic (exact) mass is 357 g/mol. The first kappa shape index (κ1) is 18.7. The Morgan fingerprint density at radius 3 is 2.75 bits per heavy atom. The number of piperidine rings is 1. The second kappa shape index (κ2) is 7.94. The lowest BCUT2D eigenvalue weighted by Gasteiger charge is -2.33. The van der Waals surface area contributed by atoms with E-state index in [1.54, 1.807) is 13.0 Å². The highest BCUT2D eigenvalue weighted by Gasteiger charge is 2.28. The van der Waals surface area contributed by atoms with Crippen LogP contribution in [0.15, 0.2) is 18.2 Å². The molecule has 8 heteroatoms. The van der Waals surface area contributed by atoms with Crippen LogP contribution in [0.2, 0.25) is 0 Å². The molecule has 0 aromatic heterocycles. The van der Waals surface area contributed by atoms with Crippen molar-refractivity contribution < 1.29 is 17.6 Å². The van der Waals surface area contributed by atoms with Crippen LogP contribution >= 0.6 is 0 Å². The van der Waals surface area contributed by atoms with Gasteiger partial charge in [-0.1, -0.05) is 6.42 Å². The summed E-state index contributed by atoms with van der Waals surface area (Å²) in [5.41, 5.74) is 1.11. The zero-order chi connectivity index (χ0) is 17.7. The third-order valence-electron chi connectivity index (χ3n) is 4.06. The molecule has 0 aliphatic carbocycles. The molecule has 1 aromatic rings. The molecule has 24 heavy (non-hydrogen) atoms. The van der Waals surface area contributed by atoms with Crippen molar-refractivity contribution in [2.45, 2.75) is 38.6 Å². The number of anilines is 1. The Bertz CT molecular complexity index is 674. The maximum absolute atomic E-state index is 13.3. The molecule has 1 saturated heterocycles. The summed E-state index contributed by atoms with van der Waals surface area (Å²) >= 11 is 0. The SMILES string of the molecule is Cc1cc(F)cc(NC(=O)NCC[C@@H]2CCCCN2S(C)(=O)=O)c1. The minimum Gasteiger partial charge on any atom is -0.338 e. The van der Waals surface area contributed by atoms with E-state index in [2.05, 4.69) is 10.6 Å². The zero-order valence-electron chi connectivity index (χ0n) is 14.0. The molecule has 1 atom stereocenters. The molecule has 0 bridgehead atoms. The van der Waals surface area contributed by atoms with Crippen molar-refractivity contribution in [1.29, 1.82) is 0 Å². The average molecular weight is 357 g/mol. The topological polar surface area (TPSA) is 78.5 Å². The molecular formula is C16H24FN3O3S. The maximum atomic E-state index is 13.3. The summed E-state index contributed by atoms with van der Waals surface area (Å²) in [7, 11) is -3.22. The van der Waals surface area contributed by atoms with Crippen molar-refractivity contribution in [3.8, 4) is 0 Å². The van der Waals surface area contributed by atoms with Gasteiger partial charge in [-0.05, 0) is 49.9 Å². The number of aryl methyl sites for hydroxylation is 1. The highest BCUT2D eigenvalue weighted by molar-refractivity contribution is 7.88. The van der Waals surface area contributed by atoms with Gasteiger partial charge in [-0.2, -0.15) is 4.31 Å². The Hall–Kier alpha value is -1.67. The van der Waals surface area contributed by atoms with Crippen molar-refractivity contribution in [2.75, 3.05) is 24.7 Å². The minimum absolute atomic E-state index is 0.0783. The van der Waals surface area contributed by atoms with Gasteiger partial charge in [-0.3, -0.25) is 0 Å². The Balaban J connectivity index is 1.83. The molecule has 6 nitrogen and oxygen atoms in total. The summed E-state index contributed by atoms with van der Waals surface area (Å²) in [5.74, 6) is -0.406. The molecule has 0 spiro atoms. The molecule has 1 aromatic carbocycles. The number of nitrogens with zero attached hydrogens (tertiary/aromatic N) is 1. The second-order valence-electron chi connectivity index (χ2n) is 6.21. The number of urea groups is 1. The summed E-state index contributed by atoms with van der Waals surface area (Å²) in [4.78, 5) is 11.9. The van der Waals surface area contributed by atoms with Gasteiger partial charge in [-0.25, -0.2) is 17.6 Å². The number of hydrogen-bond acceptors (Lipinski definition) is 3. The van der Waals surface area contributed by atoms with Gasteiger partial charge < -0.3 is 10.6 Å². The van der Waals surface area contributed by atoms with E-state index in [1.807, 2.05) is 0 Å². The van der Waals surface area contributed by atoms with E-state index in [1.165, 1.54) is 22.7 Å². The van der Waals surface area contributed by atoms with Crippen LogP contribution in [0.3, 0.4) is 0 Å². The predicted molar refractivity (Wildman–Crippen MR) is 92.0 cm³/mol. The quantitative estimate of drug-likeness (QED) is 0.850. The van der Waals surface area contributed by atoms with Crippen molar-refractivity contribution in [3.05, 3.63) is 29.6 Å². The first-order valence-electron chi connectivity index (χ1n) is 8.04. The van der Waals surface area contributed by atoms with Crippen LogP contribution < -0.4 is 10.6 Å². The maximum Gasteiger partial charge on any atom is 0.319 e. The third-order valence-corrected chi connectivity index (χ3v) is 5.39. The number of rotatable bonds is 5. The summed E-state index contributed by atoms with van der Waals surface area (Å²) < 4.78 is 38.4. The van der Waals surface area contributed by atoms with Crippen LogP contribution in [-0.4, -0.2) is 44.1 Å². The largest absolute Gasteiger partial charge is 0.338 e. The van der Waals surface area contributed by atoms with Crippen LogP contribution in [0.25, 0.3) is 0 Å². The number of amides is 2. The molecule has 134 valence electrons. The summed E-state index contributed by atoms with van der Waals surface area (Å²) in [6.07, 6.45) is 4.45. The Kier molecular flexibility index (Phi) is 6.17. The van der Waals surface area contributed by atoms with E-state index < -0.39 is 21.9 Å². The van der Waals surface area contributed by atoms with Gasteiger partial charge in [0.1, 0.15) is 5.82 Å². The molecule has 0 saturated carbocycles. The van der Waals surface area contributed by atoms with Gasteiger partial charge in [0.25, 0.3) is 0 Å². The third kappa shape index (κ3) is 5.45. The van der Waals surface area contributed by atoms with Crippen molar-refractivity contribution in [3.63, 3.8) is 0 Å². The molecule has 2 amide bonds. The van der Waals surface area contributed by atoms with E-state index in [-0.39, 0.29) is 6.04 Å². The van der Waals surface area contributed by atoms with E-state index >= 15 is 0 Å². The number of sulfonamides is 1. The number of halogens is 1. The summed E-state index contributed by atoms with van der Waals surface area (Å²) in [6.45, 7) is 2.64. The number of carbonyl (C=O) groups is 1. The van der Waals surface area contributed by atoms with Crippen LogP contribution in [-0.2, 0) is 10.0 Å². The smallest absolute Gasteiger partial charge is 0.319 e. The molecule has 0 unspecified atom stereocenters. The van der Waals surface area contributed by atoms with E-state index in [0.29, 0.717) is 25.2 Å². The van der Waals surface area contributed by atoms with Crippen LogP contribution in [0.5, 0.6) is 0 Å².